The van der Waals surface area contributed by atoms with Crippen molar-refractivity contribution in [3.8, 4) is 0 Å². The van der Waals surface area contributed by atoms with Crippen LogP contribution in [0.5, 0.6) is 0 Å². The Morgan fingerprint density at radius 1 is 1.07 bits per heavy atom. The molecule has 0 saturated carbocycles. The summed E-state index contributed by atoms with van der Waals surface area (Å²) in [6.45, 7) is 5.71. The van der Waals surface area contributed by atoms with E-state index < -0.39 is 0 Å². The highest BCUT2D eigenvalue weighted by Crippen LogP contribution is 2.35. The molecular formula is C22H26FN3O2. The summed E-state index contributed by atoms with van der Waals surface area (Å²) < 4.78 is 19.1. The maximum Gasteiger partial charge on any atom is 0.253 e. The molecule has 148 valence electrons. The Morgan fingerprint density at radius 3 is 2.50 bits per heavy atom. The fourth-order valence-corrected chi connectivity index (χ4v) is 4.22. The Labute approximate surface area is 165 Å². The van der Waals surface area contributed by atoms with E-state index in [1.807, 2.05) is 17.3 Å². The average molecular weight is 383 g/mol. The fourth-order valence-electron chi connectivity index (χ4n) is 4.22. The molecule has 2 aliphatic heterocycles. The van der Waals surface area contributed by atoms with E-state index in [2.05, 4.69) is 22.0 Å². The highest BCUT2D eigenvalue weighted by molar-refractivity contribution is 5.94. The lowest BCUT2D eigenvalue weighted by Gasteiger charge is -2.42. The Balaban J connectivity index is 1.39. The first-order valence-electron chi connectivity index (χ1n) is 9.87. The minimum absolute atomic E-state index is 0.0157. The summed E-state index contributed by atoms with van der Waals surface area (Å²) in [6.07, 6.45) is 5.51. The summed E-state index contributed by atoms with van der Waals surface area (Å²) in [6, 6.07) is 9.93. The first-order valence-corrected chi connectivity index (χ1v) is 9.87. The second kappa shape index (κ2) is 8.37. The number of rotatable bonds is 3. The van der Waals surface area contributed by atoms with Crippen molar-refractivity contribution in [1.29, 1.82) is 0 Å². The lowest BCUT2D eigenvalue weighted by atomic mass is 9.78. The molecule has 0 aliphatic carbocycles. The number of ether oxygens (including phenoxy) is 1. The van der Waals surface area contributed by atoms with Crippen LogP contribution in [0.2, 0.25) is 0 Å². The van der Waals surface area contributed by atoms with Gasteiger partial charge in [0.05, 0.1) is 13.2 Å². The van der Waals surface area contributed by atoms with Crippen LogP contribution in [0, 0.1) is 11.2 Å². The van der Waals surface area contributed by atoms with Crippen LogP contribution in [0.3, 0.4) is 0 Å². The molecule has 2 aliphatic rings. The van der Waals surface area contributed by atoms with Crippen molar-refractivity contribution in [2.75, 3.05) is 39.4 Å². The molecule has 1 aromatic carbocycles. The van der Waals surface area contributed by atoms with Crippen LogP contribution in [-0.2, 0) is 11.3 Å². The molecule has 2 fully saturated rings. The van der Waals surface area contributed by atoms with E-state index in [9.17, 15) is 9.18 Å². The average Bonchev–Trinajstić information content (AvgIpc) is 2.91. The Bertz CT molecular complexity index is 789. The maximum absolute atomic E-state index is 13.1. The number of carbonyl (C=O) groups excluding carboxylic acids is 1. The smallest absolute Gasteiger partial charge is 0.253 e. The number of likely N-dealkylation sites (tertiary alicyclic amines) is 1. The molecule has 1 amide bonds. The number of nitrogens with zero attached hydrogens (tertiary/aromatic N) is 3. The number of halogens is 1. The van der Waals surface area contributed by atoms with E-state index in [1.54, 1.807) is 12.1 Å². The molecule has 6 heteroatoms. The van der Waals surface area contributed by atoms with Crippen LogP contribution in [-0.4, -0.2) is 60.1 Å². The largest absolute Gasteiger partial charge is 0.379 e. The first kappa shape index (κ1) is 19.0. The summed E-state index contributed by atoms with van der Waals surface area (Å²) in [5, 5.41) is 0. The number of aromatic nitrogens is 1. The summed E-state index contributed by atoms with van der Waals surface area (Å²) in [5.74, 6) is -0.336. The van der Waals surface area contributed by atoms with Gasteiger partial charge in [0.25, 0.3) is 5.91 Å². The third kappa shape index (κ3) is 4.39. The van der Waals surface area contributed by atoms with Gasteiger partial charge in [0.15, 0.2) is 0 Å². The van der Waals surface area contributed by atoms with Gasteiger partial charge in [-0.3, -0.25) is 14.7 Å². The van der Waals surface area contributed by atoms with Crippen LogP contribution in [0.4, 0.5) is 4.39 Å². The number of benzene rings is 1. The number of hydrogen-bond acceptors (Lipinski definition) is 4. The summed E-state index contributed by atoms with van der Waals surface area (Å²) >= 11 is 0. The molecule has 1 spiro atoms. The summed E-state index contributed by atoms with van der Waals surface area (Å²) in [7, 11) is 0. The van der Waals surface area contributed by atoms with Crippen LogP contribution < -0.4 is 0 Å². The van der Waals surface area contributed by atoms with Gasteiger partial charge in [0.2, 0.25) is 0 Å². The summed E-state index contributed by atoms with van der Waals surface area (Å²) in [4.78, 5) is 21.1. The zero-order chi connectivity index (χ0) is 19.4. The van der Waals surface area contributed by atoms with Crippen LogP contribution in [0.25, 0.3) is 0 Å². The van der Waals surface area contributed by atoms with Gasteiger partial charge in [-0.1, -0.05) is 0 Å². The quantitative estimate of drug-likeness (QED) is 0.818. The molecule has 2 aromatic rings. The molecule has 0 N–H and O–H groups in total. The third-order valence-electron chi connectivity index (χ3n) is 5.88. The minimum Gasteiger partial charge on any atom is -0.379 e. The molecule has 5 nitrogen and oxygen atoms in total. The standard InChI is InChI=1S/C22H26FN3O2/c23-20-3-1-19(2-4-20)21(27)26-11-7-22(8-12-26)16-25(13-14-28-17-22)15-18-5-9-24-10-6-18/h1-6,9-10H,7-8,11-17H2. The van der Waals surface area contributed by atoms with E-state index in [4.69, 9.17) is 4.74 Å². The van der Waals surface area contributed by atoms with Gasteiger partial charge in [0, 0.05) is 56.1 Å². The normalized spacial score (nSPS) is 20.1. The Kier molecular flexibility index (Phi) is 5.69. The fraction of sp³-hybridized carbons (Fsp3) is 0.455. The van der Waals surface area contributed by atoms with Crippen LogP contribution in [0.15, 0.2) is 48.8 Å². The third-order valence-corrected chi connectivity index (χ3v) is 5.88. The van der Waals surface area contributed by atoms with Crippen LogP contribution >= 0.6 is 0 Å². The summed E-state index contributed by atoms with van der Waals surface area (Å²) in [5.41, 5.74) is 1.90. The molecule has 0 unspecified atom stereocenters. The lowest BCUT2D eigenvalue weighted by molar-refractivity contribution is 0.0145. The molecule has 0 radical (unpaired) electrons. The zero-order valence-electron chi connectivity index (χ0n) is 16.0. The predicted octanol–water partition coefficient (Wildman–Crippen LogP) is 2.98. The minimum atomic E-state index is -0.320. The van der Waals surface area contributed by atoms with E-state index in [0.717, 1.165) is 45.7 Å². The van der Waals surface area contributed by atoms with Crippen LogP contribution in [0.1, 0.15) is 28.8 Å². The first-order chi connectivity index (χ1) is 13.6. The SMILES string of the molecule is O=C(c1ccc(F)cc1)N1CCC2(CC1)COCCN(Cc1ccncc1)C2. The Hall–Kier alpha value is -2.31. The van der Waals surface area contributed by atoms with Gasteiger partial charge in [0.1, 0.15) is 5.82 Å². The molecule has 3 heterocycles. The van der Waals surface area contributed by atoms with Crippen molar-refractivity contribution in [1.82, 2.24) is 14.8 Å². The van der Waals surface area contributed by atoms with Gasteiger partial charge >= 0.3 is 0 Å². The number of hydrogen-bond donors (Lipinski definition) is 0. The van der Waals surface area contributed by atoms with Gasteiger partial charge in [-0.05, 0) is 54.8 Å². The van der Waals surface area contributed by atoms with E-state index in [1.165, 1.54) is 17.7 Å². The van der Waals surface area contributed by atoms with Crippen molar-refractivity contribution < 1.29 is 13.9 Å². The highest BCUT2D eigenvalue weighted by atomic mass is 19.1. The van der Waals surface area contributed by atoms with E-state index in [-0.39, 0.29) is 17.1 Å². The van der Waals surface area contributed by atoms with Gasteiger partial charge < -0.3 is 9.64 Å². The topological polar surface area (TPSA) is 45.7 Å². The molecule has 0 bridgehead atoms. The Morgan fingerprint density at radius 2 is 1.79 bits per heavy atom. The molecule has 4 rings (SSSR count). The van der Waals surface area contributed by atoms with Gasteiger partial charge in [-0.25, -0.2) is 4.39 Å². The lowest BCUT2D eigenvalue weighted by Crippen LogP contribution is -2.48. The molecular weight excluding hydrogens is 357 g/mol. The predicted molar refractivity (Wildman–Crippen MR) is 104 cm³/mol. The van der Waals surface area contributed by atoms with Crippen molar-refractivity contribution in [2.24, 2.45) is 5.41 Å². The van der Waals surface area contributed by atoms with E-state index >= 15 is 0 Å². The number of amides is 1. The van der Waals surface area contributed by atoms with Crippen molar-refractivity contribution in [2.45, 2.75) is 19.4 Å². The van der Waals surface area contributed by atoms with E-state index in [0.29, 0.717) is 18.7 Å². The molecule has 0 atom stereocenters. The van der Waals surface area contributed by atoms with Crippen molar-refractivity contribution >= 4 is 5.91 Å². The number of piperidine rings is 1. The van der Waals surface area contributed by atoms with Gasteiger partial charge in [-0.15, -0.1) is 0 Å². The van der Waals surface area contributed by atoms with Crippen molar-refractivity contribution in [3.05, 3.63) is 65.7 Å². The zero-order valence-corrected chi connectivity index (χ0v) is 16.0. The molecule has 2 saturated heterocycles. The molecule has 28 heavy (non-hydrogen) atoms. The highest BCUT2D eigenvalue weighted by Gasteiger charge is 2.39. The second-order valence-corrected chi connectivity index (χ2v) is 7.92. The second-order valence-electron chi connectivity index (χ2n) is 7.92. The number of carbonyl (C=O) groups is 1. The monoisotopic (exact) mass is 383 g/mol. The van der Waals surface area contributed by atoms with Crippen molar-refractivity contribution in [3.63, 3.8) is 0 Å². The maximum atomic E-state index is 13.1. The number of pyridine rings is 1. The van der Waals surface area contributed by atoms with Gasteiger partial charge in [-0.2, -0.15) is 0 Å². The molecule has 1 aromatic heterocycles.